The fourth-order valence-electron chi connectivity index (χ4n) is 2.55. The van der Waals surface area contributed by atoms with Crippen LogP contribution in [0.15, 0.2) is 24.3 Å². The van der Waals surface area contributed by atoms with E-state index in [0.29, 0.717) is 22.8 Å². The van der Waals surface area contributed by atoms with Gasteiger partial charge < -0.3 is 10.6 Å². The van der Waals surface area contributed by atoms with Gasteiger partial charge in [-0.15, -0.1) is 5.10 Å². The lowest BCUT2D eigenvalue weighted by molar-refractivity contribution is 0.850. The Kier molecular flexibility index (Phi) is 3.21. The van der Waals surface area contributed by atoms with Gasteiger partial charge in [-0.1, -0.05) is 0 Å². The molecular weight excluding hydrogens is 264 g/mol. The zero-order valence-corrected chi connectivity index (χ0v) is 11.5. The molecule has 104 valence electrons. The maximum atomic E-state index is 9.35. The second-order valence-corrected chi connectivity index (χ2v) is 4.96. The van der Waals surface area contributed by atoms with Crippen LogP contribution in [0.2, 0.25) is 0 Å². The molecule has 0 saturated carbocycles. The number of nitrogen functional groups attached to an aromatic ring is 1. The highest BCUT2D eigenvalue weighted by molar-refractivity contribution is 5.67. The van der Waals surface area contributed by atoms with Crippen molar-refractivity contribution in [3.8, 4) is 17.8 Å². The van der Waals surface area contributed by atoms with Crippen LogP contribution >= 0.6 is 0 Å². The van der Waals surface area contributed by atoms with Gasteiger partial charge in [0.05, 0.1) is 17.3 Å². The Morgan fingerprint density at radius 3 is 2.29 bits per heavy atom. The van der Waals surface area contributed by atoms with Gasteiger partial charge in [0.25, 0.3) is 0 Å². The lowest BCUT2D eigenvalue weighted by atomic mass is 10.2. The number of hydrogen-bond donors (Lipinski definition) is 1. The van der Waals surface area contributed by atoms with Crippen molar-refractivity contribution in [2.24, 2.45) is 0 Å². The molecule has 3 rings (SSSR count). The van der Waals surface area contributed by atoms with E-state index in [2.05, 4.69) is 22.1 Å². The van der Waals surface area contributed by atoms with Crippen LogP contribution in [0.5, 0.6) is 0 Å². The summed E-state index contributed by atoms with van der Waals surface area (Å²) in [6.07, 6.45) is 2.21. The Labute approximate surface area is 122 Å². The molecule has 6 heteroatoms. The SMILES string of the molecule is N#Cc1ccc(-n2nc(N3CCCC3)c(C#N)c2N)cc1. The molecule has 0 atom stereocenters. The molecule has 1 aromatic heterocycles. The Bertz CT molecular complexity index is 738. The van der Waals surface area contributed by atoms with E-state index in [1.807, 2.05) is 0 Å². The van der Waals surface area contributed by atoms with E-state index in [1.54, 1.807) is 28.9 Å². The maximum absolute atomic E-state index is 9.35. The van der Waals surface area contributed by atoms with Crippen LogP contribution in [0, 0.1) is 22.7 Å². The molecule has 1 aromatic carbocycles. The summed E-state index contributed by atoms with van der Waals surface area (Å²) >= 11 is 0. The third kappa shape index (κ3) is 2.17. The Hall–Kier alpha value is -2.99. The molecule has 0 unspecified atom stereocenters. The first kappa shape index (κ1) is 13.0. The number of aromatic nitrogens is 2. The average Bonchev–Trinajstić information content (AvgIpc) is 3.15. The van der Waals surface area contributed by atoms with Crippen molar-refractivity contribution < 1.29 is 0 Å². The van der Waals surface area contributed by atoms with Gasteiger partial charge in [0, 0.05) is 13.1 Å². The molecular formula is C15H14N6. The first-order valence-electron chi connectivity index (χ1n) is 6.78. The normalized spacial score (nSPS) is 13.9. The second kappa shape index (κ2) is 5.18. The molecule has 6 nitrogen and oxygen atoms in total. The van der Waals surface area contributed by atoms with Crippen molar-refractivity contribution in [1.29, 1.82) is 10.5 Å². The molecule has 2 heterocycles. The van der Waals surface area contributed by atoms with Crippen LogP contribution in [0.1, 0.15) is 24.0 Å². The summed E-state index contributed by atoms with van der Waals surface area (Å²) in [6.45, 7) is 1.80. The van der Waals surface area contributed by atoms with Crippen molar-refractivity contribution >= 4 is 11.6 Å². The number of anilines is 2. The Morgan fingerprint density at radius 1 is 1.05 bits per heavy atom. The molecule has 2 N–H and O–H groups in total. The zero-order chi connectivity index (χ0) is 14.8. The molecule has 0 radical (unpaired) electrons. The molecule has 1 fully saturated rings. The Morgan fingerprint density at radius 2 is 1.71 bits per heavy atom. The minimum atomic E-state index is 0.337. The number of benzene rings is 1. The van der Waals surface area contributed by atoms with E-state index < -0.39 is 0 Å². The van der Waals surface area contributed by atoms with Crippen molar-refractivity contribution in [3.05, 3.63) is 35.4 Å². The number of hydrogen-bond acceptors (Lipinski definition) is 5. The summed E-state index contributed by atoms with van der Waals surface area (Å²) in [5.74, 6) is 0.987. The predicted molar refractivity (Wildman–Crippen MR) is 78.9 cm³/mol. The average molecular weight is 278 g/mol. The van der Waals surface area contributed by atoms with Crippen LogP contribution in [-0.2, 0) is 0 Å². The fourth-order valence-corrected chi connectivity index (χ4v) is 2.55. The Balaban J connectivity index is 2.06. The molecule has 1 aliphatic heterocycles. The van der Waals surface area contributed by atoms with Crippen molar-refractivity contribution in [3.63, 3.8) is 0 Å². The third-order valence-electron chi connectivity index (χ3n) is 3.66. The lowest BCUT2D eigenvalue weighted by Gasteiger charge is -2.13. The summed E-state index contributed by atoms with van der Waals surface area (Å²) in [5, 5.41) is 22.7. The van der Waals surface area contributed by atoms with E-state index in [0.717, 1.165) is 31.6 Å². The van der Waals surface area contributed by atoms with Gasteiger partial charge in [-0.2, -0.15) is 10.5 Å². The van der Waals surface area contributed by atoms with Gasteiger partial charge >= 0.3 is 0 Å². The number of rotatable bonds is 2. The smallest absolute Gasteiger partial charge is 0.171 e. The van der Waals surface area contributed by atoms with Crippen molar-refractivity contribution in [1.82, 2.24) is 9.78 Å². The highest BCUT2D eigenvalue weighted by Gasteiger charge is 2.23. The van der Waals surface area contributed by atoms with Crippen LogP contribution < -0.4 is 10.6 Å². The van der Waals surface area contributed by atoms with E-state index in [1.165, 1.54) is 0 Å². The van der Waals surface area contributed by atoms with Gasteiger partial charge in [-0.3, -0.25) is 0 Å². The number of nitrogens with two attached hydrogens (primary N) is 1. The molecule has 1 saturated heterocycles. The highest BCUT2D eigenvalue weighted by Crippen LogP contribution is 2.29. The van der Waals surface area contributed by atoms with E-state index in [9.17, 15) is 5.26 Å². The largest absolute Gasteiger partial charge is 0.382 e. The topological polar surface area (TPSA) is 94.7 Å². The van der Waals surface area contributed by atoms with Crippen LogP contribution in [-0.4, -0.2) is 22.9 Å². The van der Waals surface area contributed by atoms with Crippen LogP contribution in [0.3, 0.4) is 0 Å². The molecule has 21 heavy (non-hydrogen) atoms. The second-order valence-electron chi connectivity index (χ2n) is 4.96. The van der Waals surface area contributed by atoms with E-state index in [4.69, 9.17) is 11.0 Å². The van der Waals surface area contributed by atoms with Crippen LogP contribution in [0.25, 0.3) is 5.69 Å². The third-order valence-corrected chi connectivity index (χ3v) is 3.66. The molecule has 1 aliphatic rings. The van der Waals surface area contributed by atoms with E-state index >= 15 is 0 Å². The molecule has 0 amide bonds. The minimum absolute atomic E-state index is 0.337. The van der Waals surface area contributed by atoms with Crippen molar-refractivity contribution in [2.75, 3.05) is 23.7 Å². The van der Waals surface area contributed by atoms with Crippen LogP contribution in [0.4, 0.5) is 11.6 Å². The molecule has 0 spiro atoms. The zero-order valence-electron chi connectivity index (χ0n) is 11.5. The number of nitriles is 2. The quantitative estimate of drug-likeness (QED) is 0.903. The molecule has 0 bridgehead atoms. The van der Waals surface area contributed by atoms with Gasteiger partial charge in [0.15, 0.2) is 5.82 Å². The minimum Gasteiger partial charge on any atom is -0.382 e. The summed E-state index contributed by atoms with van der Waals surface area (Å²) < 4.78 is 1.56. The van der Waals surface area contributed by atoms with Gasteiger partial charge in [0.1, 0.15) is 17.5 Å². The van der Waals surface area contributed by atoms with Gasteiger partial charge in [-0.05, 0) is 37.1 Å². The highest BCUT2D eigenvalue weighted by atomic mass is 15.4. The summed E-state index contributed by atoms with van der Waals surface area (Å²) in [6, 6.07) is 11.2. The molecule has 2 aromatic rings. The summed E-state index contributed by atoms with van der Waals surface area (Å²) in [4.78, 5) is 2.09. The van der Waals surface area contributed by atoms with Gasteiger partial charge in [0.2, 0.25) is 0 Å². The maximum Gasteiger partial charge on any atom is 0.171 e. The standard InChI is InChI=1S/C15H14N6/c16-9-11-3-5-12(6-4-11)21-14(18)13(10-17)15(19-21)20-7-1-2-8-20/h3-6H,1-2,7-8,18H2. The number of nitrogens with zero attached hydrogens (tertiary/aromatic N) is 5. The van der Waals surface area contributed by atoms with Gasteiger partial charge in [-0.25, -0.2) is 4.68 Å². The van der Waals surface area contributed by atoms with Crippen molar-refractivity contribution in [2.45, 2.75) is 12.8 Å². The summed E-state index contributed by atoms with van der Waals surface area (Å²) in [5.41, 5.74) is 7.81. The first-order chi connectivity index (χ1) is 10.2. The lowest BCUT2D eigenvalue weighted by Crippen LogP contribution is -2.19. The summed E-state index contributed by atoms with van der Waals surface area (Å²) in [7, 11) is 0. The predicted octanol–water partition coefficient (Wildman–Crippen LogP) is 1.80. The molecule has 0 aliphatic carbocycles. The monoisotopic (exact) mass is 278 g/mol. The first-order valence-corrected chi connectivity index (χ1v) is 6.78. The van der Waals surface area contributed by atoms with E-state index in [-0.39, 0.29) is 0 Å². The fraction of sp³-hybridized carbons (Fsp3) is 0.267.